The molecule has 0 bridgehead atoms. The van der Waals surface area contributed by atoms with Crippen LogP contribution in [0.1, 0.15) is 20.7 Å². The Morgan fingerprint density at radius 3 is 2.12 bits per heavy atom. The van der Waals surface area contributed by atoms with Crippen LogP contribution in [0.25, 0.3) is 0 Å². The third kappa shape index (κ3) is 4.84. The lowest BCUT2D eigenvalue weighted by atomic mass is 10.1. The maximum Gasteiger partial charge on any atom is 0.337 e. The minimum absolute atomic E-state index is 0.120. The molecule has 6 nitrogen and oxygen atoms in total. The van der Waals surface area contributed by atoms with Crippen LogP contribution in [0.2, 0.25) is 5.02 Å². The number of carbonyl (C=O) groups excluding carboxylic acids is 1. The van der Waals surface area contributed by atoms with Gasteiger partial charge in [0.2, 0.25) is 0 Å². The van der Waals surface area contributed by atoms with Crippen LogP contribution in [-0.2, 0) is 0 Å². The number of anilines is 3. The van der Waals surface area contributed by atoms with E-state index in [0.29, 0.717) is 48.1 Å². The zero-order valence-electron chi connectivity index (χ0n) is 17.1. The van der Waals surface area contributed by atoms with Crippen LogP contribution < -0.4 is 15.1 Å². The maximum absolute atomic E-state index is 13.2. The number of aromatic carboxylic acids is 1. The number of rotatable bonds is 5. The lowest BCUT2D eigenvalue weighted by Crippen LogP contribution is -2.47. The van der Waals surface area contributed by atoms with Crippen LogP contribution in [0.3, 0.4) is 0 Å². The lowest BCUT2D eigenvalue weighted by molar-refractivity contribution is 0.0697. The molecular weight excluding hydrogens is 433 g/mol. The lowest BCUT2D eigenvalue weighted by Gasteiger charge is -2.38. The van der Waals surface area contributed by atoms with Gasteiger partial charge in [-0.2, -0.15) is 0 Å². The van der Waals surface area contributed by atoms with E-state index in [4.69, 9.17) is 11.6 Å². The van der Waals surface area contributed by atoms with Crippen LogP contribution >= 0.6 is 11.6 Å². The molecule has 1 saturated heterocycles. The van der Waals surface area contributed by atoms with Gasteiger partial charge in [-0.15, -0.1) is 0 Å². The number of halogens is 2. The Labute approximate surface area is 189 Å². The predicted octanol–water partition coefficient (Wildman–Crippen LogP) is 4.76. The summed E-state index contributed by atoms with van der Waals surface area (Å²) in [6.07, 6.45) is 0. The molecule has 0 saturated carbocycles. The highest BCUT2D eigenvalue weighted by atomic mass is 35.5. The minimum Gasteiger partial charge on any atom is -0.478 e. The Morgan fingerprint density at radius 1 is 0.875 bits per heavy atom. The average Bonchev–Trinajstić information content (AvgIpc) is 2.80. The Balaban J connectivity index is 1.47. The summed E-state index contributed by atoms with van der Waals surface area (Å²) in [5, 5.41) is 13.0. The van der Waals surface area contributed by atoms with E-state index in [1.807, 2.05) is 4.90 Å². The van der Waals surface area contributed by atoms with E-state index >= 15 is 0 Å². The van der Waals surface area contributed by atoms with Crippen molar-refractivity contribution in [1.29, 1.82) is 0 Å². The number of carboxylic acids is 1. The molecule has 164 valence electrons. The summed E-state index contributed by atoms with van der Waals surface area (Å²) < 4.78 is 13.2. The SMILES string of the molecule is O=C(Nc1ccc(N2CCN(c3ccc(F)cc3)CC2)c(C(=O)O)c1)c1ccc(Cl)cc1. The van der Waals surface area contributed by atoms with Gasteiger partial charge in [0.15, 0.2) is 0 Å². The molecule has 0 unspecified atom stereocenters. The molecule has 4 rings (SSSR count). The first-order chi connectivity index (χ1) is 15.4. The summed E-state index contributed by atoms with van der Waals surface area (Å²) in [7, 11) is 0. The van der Waals surface area contributed by atoms with Crippen molar-refractivity contribution in [3.63, 3.8) is 0 Å². The van der Waals surface area contributed by atoms with Crippen LogP contribution in [0.5, 0.6) is 0 Å². The van der Waals surface area contributed by atoms with Gasteiger partial charge in [0.25, 0.3) is 5.91 Å². The number of carbonyl (C=O) groups is 2. The zero-order valence-corrected chi connectivity index (χ0v) is 17.8. The first-order valence-electron chi connectivity index (χ1n) is 10.1. The summed E-state index contributed by atoms with van der Waals surface area (Å²) in [6.45, 7) is 2.60. The van der Waals surface area contributed by atoms with Gasteiger partial charge >= 0.3 is 5.97 Å². The van der Waals surface area contributed by atoms with Gasteiger partial charge in [-0.25, -0.2) is 9.18 Å². The molecule has 0 radical (unpaired) electrons. The number of amides is 1. The highest BCUT2D eigenvalue weighted by Crippen LogP contribution is 2.27. The van der Waals surface area contributed by atoms with E-state index in [1.54, 1.807) is 48.5 Å². The Hall–Kier alpha value is -3.58. The summed E-state index contributed by atoms with van der Waals surface area (Å²) >= 11 is 5.85. The molecule has 1 amide bonds. The van der Waals surface area contributed by atoms with E-state index in [-0.39, 0.29) is 17.3 Å². The zero-order chi connectivity index (χ0) is 22.7. The molecule has 3 aromatic rings. The summed E-state index contributed by atoms with van der Waals surface area (Å²) in [4.78, 5) is 28.5. The number of nitrogens with zero attached hydrogens (tertiary/aromatic N) is 2. The first kappa shape index (κ1) is 21.6. The third-order valence-corrected chi connectivity index (χ3v) is 5.66. The monoisotopic (exact) mass is 453 g/mol. The number of benzene rings is 3. The quantitative estimate of drug-likeness (QED) is 0.583. The van der Waals surface area contributed by atoms with Crippen LogP contribution in [-0.4, -0.2) is 43.2 Å². The van der Waals surface area contributed by atoms with Gasteiger partial charge in [0.05, 0.1) is 11.3 Å². The van der Waals surface area contributed by atoms with Crippen molar-refractivity contribution in [2.24, 2.45) is 0 Å². The van der Waals surface area contributed by atoms with Gasteiger partial charge in [-0.1, -0.05) is 11.6 Å². The van der Waals surface area contributed by atoms with Crippen molar-refractivity contribution in [3.05, 3.63) is 88.7 Å². The molecule has 8 heteroatoms. The fourth-order valence-corrected chi connectivity index (χ4v) is 3.85. The molecule has 0 aromatic heterocycles. The van der Waals surface area contributed by atoms with E-state index in [1.165, 1.54) is 18.2 Å². The van der Waals surface area contributed by atoms with Gasteiger partial charge in [-0.05, 0) is 66.7 Å². The van der Waals surface area contributed by atoms with E-state index in [9.17, 15) is 19.1 Å². The van der Waals surface area contributed by atoms with Gasteiger partial charge in [0, 0.05) is 48.1 Å². The Bertz CT molecular complexity index is 1130. The van der Waals surface area contributed by atoms with Crippen molar-refractivity contribution < 1.29 is 19.1 Å². The molecule has 0 spiro atoms. The number of hydrogen-bond donors (Lipinski definition) is 2. The summed E-state index contributed by atoms with van der Waals surface area (Å²) in [5.41, 5.74) is 2.47. The van der Waals surface area contributed by atoms with E-state index in [2.05, 4.69) is 10.2 Å². The number of nitrogens with one attached hydrogen (secondary N) is 1. The average molecular weight is 454 g/mol. The summed E-state index contributed by atoms with van der Waals surface area (Å²) in [6, 6.07) is 17.7. The molecule has 0 aliphatic carbocycles. The molecule has 1 aliphatic rings. The number of carboxylic acid groups (broad SMARTS) is 1. The van der Waals surface area contributed by atoms with Crippen molar-refractivity contribution in [1.82, 2.24) is 0 Å². The standard InChI is InChI=1S/C24H21ClFN3O3/c25-17-3-1-16(2-4-17)23(30)27-19-7-10-22(21(15-19)24(31)32)29-13-11-28(12-14-29)20-8-5-18(26)6-9-20/h1-10,15H,11-14H2,(H,27,30)(H,31,32). The molecule has 3 aromatic carbocycles. The van der Waals surface area contributed by atoms with Gasteiger partial charge in [0.1, 0.15) is 5.82 Å². The highest BCUT2D eigenvalue weighted by molar-refractivity contribution is 6.30. The third-order valence-electron chi connectivity index (χ3n) is 5.40. The molecule has 1 aliphatic heterocycles. The van der Waals surface area contributed by atoms with Crippen LogP contribution in [0, 0.1) is 5.82 Å². The second-order valence-electron chi connectivity index (χ2n) is 7.45. The molecule has 0 atom stereocenters. The number of hydrogen-bond acceptors (Lipinski definition) is 4. The largest absolute Gasteiger partial charge is 0.478 e. The van der Waals surface area contributed by atoms with Gasteiger partial charge in [-0.3, -0.25) is 4.79 Å². The fraction of sp³-hybridized carbons (Fsp3) is 0.167. The summed E-state index contributed by atoms with van der Waals surface area (Å²) in [5.74, 6) is -1.69. The fourth-order valence-electron chi connectivity index (χ4n) is 3.72. The van der Waals surface area contributed by atoms with Crippen molar-refractivity contribution in [2.45, 2.75) is 0 Å². The Morgan fingerprint density at radius 2 is 1.50 bits per heavy atom. The second kappa shape index (κ2) is 9.28. The molecule has 1 heterocycles. The molecule has 2 N–H and O–H groups in total. The van der Waals surface area contributed by atoms with Crippen LogP contribution in [0.15, 0.2) is 66.7 Å². The van der Waals surface area contributed by atoms with E-state index < -0.39 is 5.97 Å². The van der Waals surface area contributed by atoms with Crippen molar-refractivity contribution >= 4 is 40.5 Å². The van der Waals surface area contributed by atoms with Crippen molar-refractivity contribution in [3.8, 4) is 0 Å². The minimum atomic E-state index is -1.07. The Kier molecular flexibility index (Phi) is 6.28. The van der Waals surface area contributed by atoms with Crippen LogP contribution in [0.4, 0.5) is 21.5 Å². The molecule has 1 fully saturated rings. The topological polar surface area (TPSA) is 72.9 Å². The first-order valence-corrected chi connectivity index (χ1v) is 10.5. The smallest absolute Gasteiger partial charge is 0.337 e. The maximum atomic E-state index is 13.2. The second-order valence-corrected chi connectivity index (χ2v) is 7.89. The van der Waals surface area contributed by atoms with E-state index in [0.717, 1.165) is 5.69 Å². The molecular formula is C24H21ClFN3O3. The highest BCUT2D eigenvalue weighted by Gasteiger charge is 2.22. The van der Waals surface area contributed by atoms with Crippen molar-refractivity contribution in [2.75, 3.05) is 41.3 Å². The van der Waals surface area contributed by atoms with Gasteiger partial charge < -0.3 is 20.2 Å². The molecule has 32 heavy (non-hydrogen) atoms. The predicted molar refractivity (Wildman–Crippen MR) is 124 cm³/mol. The number of piperazine rings is 1. The normalized spacial score (nSPS) is 13.7.